The number of carbonyl (C=O) groups excluding carboxylic acids is 4. The molecule has 2 N–H and O–H groups in total. The molecule has 9 heteroatoms. The van der Waals surface area contributed by atoms with E-state index < -0.39 is 23.7 Å². The molecule has 0 aliphatic heterocycles. The fraction of sp³-hybridized carbons (Fsp3) is 0.368. The largest absolute Gasteiger partial charge is 0.494 e. The summed E-state index contributed by atoms with van der Waals surface area (Å²) in [5.74, 6) is 0.140. The first-order chi connectivity index (χ1) is 22.6. The first kappa shape index (κ1) is 36.5. The Morgan fingerprint density at radius 3 is 2.26 bits per heavy atom. The Balaban J connectivity index is 1.52. The summed E-state index contributed by atoms with van der Waals surface area (Å²) in [5, 5.41) is 5.63. The maximum Gasteiger partial charge on any atom is 0.407 e. The zero-order valence-corrected chi connectivity index (χ0v) is 27.5. The van der Waals surface area contributed by atoms with Crippen LogP contribution in [0.1, 0.15) is 69.6 Å². The topological polar surface area (TPSA) is 120 Å². The number of hydrogen-bond acceptors (Lipinski definition) is 7. The number of para-hydroxylation sites is 1. The average Bonchev–Trinajstić information content (AvgIpc) is 3.04. The van der Waals surface area contributed by atoms with Crippen LogP contribution in [-0.2, 0) is 32.0 Å². The molecule has 0 aliphatic carbocycles. The van der Waals surface area contributed by atoms with Crippen LogP contribution < -0.4 is 20.1 Å². The number of ether oxygens (including phenoxy) is 3. The zero-order valence-electron chi connectivity index (χ0n) is 27.5. The summed E-state index contributed by atoms with van der Waals surface area (Å²) in [4.78, 5) is 48.9. The van der Waals surface area contributed by atoms with Gasteiger partial charge in [-0.05, 0) is 81.5 Å². The van der Waals surface area contributed by atoms with Gasteiger partial charge in [-0.3, -0.25) is 9.59 Å². The normalized spacial score (nSPS) is 11.8. The van der Waals surface area contributed by atoms with E-state index in [1.165, 1.54) is 6.08 Å². The molecule has 47 heavy (non-hydrogen) atoms. The molecule has 0 radical (unpaired) electrons. The molecule has 9 nitrogen and oxygen atoms in total. The molecule has 2 amide bonds. The lowest BCUT2D eigenvalue weighted by Crippen LogP contribution is -2.44. The molecule has 0 bridgehead atoms. The quantitative estimate of drug-likeness (QED) is 0.0526. The van der Waals surface area contributed by atoms with Gasteiger partial charge in [0.2, 0.25) is 5.91 Å². The summed E-state index contributed by atoms with van der Waals surface area (Å²) in [6, 6.07) is 23.1. The number of hydrogen-bond donors (Lipinski definition) is 2. The molecule has 3 aromatic rings. The van der Waals surface area contributed by atoms with Gasteiger partial charge in [0.1, 0.15) is 29.4 Å². The standard InChI is InChI=1S/C38H46N2O7/c1-38(2,3)47-37(44)39-25-11-4-5-12-27-45-32-22-19-30(20-23-32)28-33(40-35(42)24-21-29-14-7-6-8-15-29)36(43)46-34-18-10-9-16-31(34)17-13-26-41/h6-10,13-20,22-23,26,33H,4-5,11-12,21,24-25,27-28H2,1-3H3,(H,39,44)(H,40,42)/b17-13-/t33-/m0/s1. The predicted molar refractivity (Wildman–Crippen MR) is 182 cm³/mol. The van der Waals surface area contributed by atoms with E-state index in [4.69, 9.17) is 14.2 Å². The Morgan fingerprint density at radius 2 is 1.53 bits per heavy atom. The Hall–Kier alpha value is -4.92. The Labute approximate surface area is 277 Å². The molecule has 0 saturated carbocycles. The summed E-state index contributed by atoms with van der Waals surface area (Å²) >= 11 is 0. The van der Waals surface area contributed by atoms with Crippen molar-refractivity contribution in [3.63, 3.8) is 0 Å². The summed E-state index contributed by atoms with van der Waals surface area (Å²) < 4.78 is 16.8. The number of esters is 1. The van der Waals surface area contributed by atoms with Gasteiger partial charge in [-0.2, -0.15) is 0 Å². The first-order valence-electron chi connectivity index (χ1n) is 16.1. The van der Waals surface area contributed by atoms with Crippen LogP contribution in [0.3, 0.4) is 0 Å². The molecule has 3 rings (SSSR count). The van der Waals surface area contributed by atoms with Crippen LogP contribution in [0.4, 0.5) is 4.79 Å². The molecule has 0 heterocycles. The second-order valence-electron chi connectivity index (χ2n) is 12.1. The highest BCUT2D eigenvalue weighted by Crippen LogP contribution is 2.21. The van der Waals surface area contributed by atoms with Gasteiger partial charge in [0, 0.05) is 24.9 Å². The van der Waals surface area contributed by atoms with Gasteiger partial charge >= 0.3 is 12.1 Å². The van der Waals surface area contributed by atoms with E-state index in [-0.39, 0.29) is 18.7 Å². The number of benzene rings is 3. The number of carbonyl (C=O) groups is 4. The van der Waals surface area contributed by atoms with Gasteiger partial charge < -0.3 is 24.8 Å². The zero-order chi connectivity index (χ0) is 33.9. The number of alkyl carbamates (subject to hydrolysis) is 1. The lowest BCUT2D eigenvalue weighted by molar-refractivity contribution is -0.139. The maximum atomic E-state index is 13.4. The second kappa shape index (κ2) is 19.6. The van der Waals surface area contributed by atoms with E-state index in [0.29, 0.717) is 42.9 Å². The fourth-order valence-electron chi connectivity index (χ4n) is 4.63. The molecule has 250 valence electrons. The monoisotopic (exact) mass is 642 g/mol. The van der Waals surface area contributed by atoms with Crippen LogP contribution in [-0.4, -0.2) is 49.1 Å². The summed E-state index contributed by atoms with van der Waals surface area (Å²) in [6.07, 6.45) is 7.80. The van der Waals surface area contributed by atoms with Crippen LogP contribution in [0.15, 0.2) is 84.9 Å². The van der Waals surface area contributed by atoms with Crippen molar-refractivity contribution in [3.05, 3.63) is 102 Å². The molecule has 3 aromatic carbocycles. The van der Waals surface area contributed by atoms with Crippen molar-refractivity contribution in [2.24, 2.45) is 0 Å². The molecule has 0 fully saturated rings. The number of aldehydes is 1. The van der Waals surface area contributed by atoms with E-state index in [9.17, 15) is 19.2 Å². The maximum absolute atomic E-state index is 13.4. The molecular formula is C38H46N2O7. The average molecular weight is 643 g/mol. The van der Waals surface area contributed by atoms with Crippen LogP contribution in [0, 0.1) is 0 Å². The number of nitrogens with one attached hydrogen (secondary N) is 2. The Kier molecular flexibility index (Phi) is 15.2. The minimum absolute atomic E-state index is 0.222. The number of aryl methyl sites for hydroxylation is 1. The van der Waals surface area contributed by atoms with Gasteiger partial charge in [-0.25, -0.2) is 9.59 Å². The van der Waals surface area contributed by atoms with Crippen LogP contribution in [0.2, 0.25) is 0 Å². The first-order valence-corrected chi connectivity index (χ1v) is 16.1. The number of unbranched alkanes of at least 4 members (excludes halogenated alkanes) is 3. The third kappa shape index (κ3) is 14.8. The second-order valence-corrected chi connectivity index (χ2v) is 12.1. The minimum atomic E-state index is -0.932. The van der Waals surface area contributed by atoms with Crippen molar-refractivity contribution >= 4 is 30.3 Å². The third-order valence-corrected chi connectivity index (χ3v) is 6.96. The van der Waals surface area contributed by atoms with Crippen molar-refractivity contribution in [2.45, 2.75) is 77.4 Å². The molecular weight excluding hydrogens is 596 g/mol. The van der Waals surface area contributed by atoms with Gasteiger partial charge in [0.25, 0.3) is 0 Å². The third-order valence-electron chi connectivity index (χ3n) is 6.96. The Bertz CT molecular complexity index is 1450. The smallest absolute Gasteiger partial charge is 0.407 e. The predicted octanol–water partition coefficient (Wildman–Crippen LogP) is 6.63. The van der Waals surface area contributed by atoms with Crippen LogP contribution in [0.25, 0.3) is 6.08 Å². The van der Waals surface area contributed by atoms with Crippen molar-refractivity contribution in [1.29, 1.82) is 0 Å². The van der Waals surface area contributed by atoms with Gasteiger partial charge in [0.05, 0.1) is 6.61 Å². The van der Waals surface area contributed by atoms with Crippen molar-refractivity contribution in [3.8, 4) is 11.5 Å². The SMILES string of the molecule is CC(C)(C)OC(=O)NCCCCCCOc1ccc(C[C@H](NC(=O)CCc2ccccc2)C(=O)Oc2ccccc2/C=C\C=O)cc1. The van der Waals surface area contributed by atoms with E-state index in [1.807, 2.05) is 75.4 Å². The van der Waals surface area contributed by atoms with Gasteiger partial charge in [0.15, 0.2) is 0 Å². The lowest BCUT2D eigenvalue weighted by atomic mass is 10.0. The molecule has 0 unspecified atom stereocenters. The highest BCUT2D eigenvalue weighted by molar-refractivity contribution is 5.86. The molecule has 0 spiro atoms. The fourth-order valence-corrected chi connectivity index (χ4v) is 4.63. The summed E-state index contributed by atoms with van der Waals surface area (Å²) in [7, 11) is 0. The summed E-state index contributed by atoms with van der Waals surface area (Å²) in [6.45, 7) is 6.64. The van der Waals surface area contributed by atoms with Crippen molar-refractivity contribution in [2.75, 3.05) is 13.2 Å². The van der Waals surface area contributed by atoms with E-state index in [2.05, 4.69) is 10.6 Å². The van der Waals surface area contributed by atoms with Crippen LogP contribution in [0.5, 0.6) is 11.5 Å². The number of allylic oxidation sites excluding steroid dienone is 1. The molecule has 0 aliphatic rings. The lowest BCUT2D eigenvalue weighted by Gasteiger charge is -2.19. The number of amides is 2. The molecule has 1 atom stereocenters. The van der Waals surface area contributed by atoms with Crippen LogP contribution >= 0.6 is 0 Å². The van der Waals surface area contributed by atoms with Gasteiger partial charge in [-0.15, -0.1) is 0 Å². The van der Waals surface area contributed by atoms with E-state index >= 15 is 0 Å². The Morgan fingerprint density at radius 1 is 0.830 bits per heavy atom. The van der Waals surface area contributed by atoms with Crippen molar-refractivity contribution < 1.29 is 33.4 Å². The highest BCUT2D eigenvalue weighted by atomic mass is 16.6. The van der Waals surface area contributed by atoms with E-state index in [1.54, 1.807) is 30.3 Å². The highest BCUT2D eigenvalue weighted by Gasteiger charge is 2.24. The summed E-state index contributed by atoms with van der Waals surface area (Å²) in [5.41, 5.74) is 1.92. The molecule has 0 saturated heterocycles. The van der Waals surface area contributed by atoms with Gasteiger partial charge in [-0.1, -0.05) is 73.5 Å². The van der Waals surface area contributed by atoms with E-state index in [0.717, 1.165) is 36.8 Å². The number of rotatable bonds is 18. The van der Waals surface area contributed by atoms with Crippen molar-refractivity contribution in [1.82, 2.24) is 10.6 Å². The minimum Gasteiger partial charge on any atom is -0.494 e. The molecule has 0 aromatic heterocycles.